The number of nitrogens with zero attached hydrogens (tertiary/aromatic N) is 1. The van der Waals surface area contributed by atoms with Gasteiger partial charge in [0.05, 0.1) is 24.8 Å². The number of ether oxygens (including phenoxy) is 1. The van der Waals surface area contributed by atoms with Crippen LogP contribution in [0.2, 0.25) is 0 Å². The fraction of sp³-hybridized carbons (Fsp3) is 0.500. The lowest BCUT2D eigenvalue weighted by atomic mass is 9.92. The van der Waals surface area contributed by atoms with Crippen LogP contribution in [0.1, 0.15) is 41.6 Å². The molecule has 1 heterocycles. The van der Waals surface area contributed by atoms with Gasteiger partial charge < -0.3 is 10.1 Å². The molecule has 0 radical (unpaired) electrons. The van der Waals surface area contributed by atoms with E-state index in [0.29, 0.717) is 17.6 Å². The van der Waals surface area contributed by atoms with Crippen molar-refractivity contribution in [3.8, 4) is 0 Å². The van der Waals surface area contributed by atoms with Gasteiger partial charge >= 0.3 is 5.97 Å². The van der Waals surface area contributed by atoms with Crippen molar-refractivity contribution in [3.63, 3.8) is 0 Å². The molecule has 1 N–H and O–H groups in total. The second kappa shape index (κ2) is 6.52. The molecule has 5 heteroatoms. The Morgan fingerprint density at radius 1 is 1.43 bits per heavy atom. The highest BCUT2D eigenvalue weighted by atomic mass is 32.2. The molecule has 0 spiro atoms. The van der Waals surface area contributed by atoms with Crippen molar-refractivity contribution in [2.75, 3.05) is 7.11 Å². The van der Waals surface area contributed by atoms with Crippen LogP contribution in [0.5, 0.6) is 0 Å². The second-order valence-corrected chi connectivity index (χ2v) is 6.48. The van der Waals surface area contributed by atoms with E-state index in [2.05, 4.69) is 5.32 Å². The van der Waals surface area contributed by atoms with Crippen LogP contribution in [0.4, 0.5) is 0 Å². The van der Waals surface area contributed by atoms with E-state index in [4.69, 9.17) is 9.73 Å². The fourth-order valence-corrected chi connectivity index (χ4v) is 3.84. The maximum atomic E-state index is 11.5. The largest absolute Gasteiger partial charge is 0.465 e. The molecule has 1 saturated carbocycles. The van der Waals surface area contributed by atoms with Crippen LogP contribution in [0.15, 0.2) is 29.3 Å². The fourth-order valence-electron chi connectivity index (χ4n) is 2.92. The van der Waals surface area contributed by atoms with Gasteiger partial charge in [0.15, 0.2) is 5.17 Å². The number of carbonyl (C=O) groups excluding carboxylic acids is 1. The molecular weight excluding hydrogens is 284 g/mol. The summed E-state index contributed by atoms with van der Waals surface area (Å²) < 4.78 is 4.75. The van der Waals surface area contributed by atoms with E-state index in [1.807, 2.05) is 18.2 Å². The van der Waals surface area contributed by atoms with Crippen molar-refractivity contribution >= 4 is 22.9 Å². The molecule has 0 amide bonds. The first-order valence-electron chi connectivity index (χ1n) is 7.40. The van der Waals surface area contributed by atoms with Gasteiger partial charge in [-0.25, -0.2) is 4.79 Å². The average molecular weight is 304 g/mol. The Bertz CT molecular complexity index is 559. The zero-order chi connectivity index (χ0) is 14.7. The second-order valence-electron chi connectivity index (χ2n) is 5.52. The summed E-state index contributed by atoms with van der Waals surface area (Å²) in [4.78, 5) is 16.3. The molecule has 1 aliphatic carbocycles. The summed E-state index contributed by atoms with van der Waals surface area (Å²) in [5, 5.41) is 4.58. The highest BCUT2D eigenvalue weighted by Crippen LogP contribution is 2.28. The molecular formula is C16H20N2O2S. The molecule has 0 bridgehead atoms. The van der Waals surface area contributed by atoms with Crippen molar-refractivity contribution in [1.29, 1.82) is 0 Å². The number of benzene rings is 1. The normalized spacial score (nSPS) is 24.0. The molecule has 3 rings (SSSR count). The average Bonchev–Trinajstić information content (AvgIpc) is 2.95. The van der Waals surface area contributed by atoms with E-state index in [1.165, 1.54) is 32.8 Å². The summed E-state index contributed by atoms with van der Waals surface area (Å²) in [6, 6.07) is 8.61. The van der Waals surface area contributed by atoms with Gasteiger partial charge in [-0.15, -0.1) is 0 Å². The smallest absolute Gasteiger partial charge is 0.337 e. The standard InChI is InChI=1S/C16H20N2O2S/c1-20-15(19)12-6-4-5-11(9-12)10-21-16-17-13-7-2-3-8-14(13)18-16/h4-6,9,13-14H,2-3,7-8,10H2,1H3,(H,17,18)/t13-,14-/m0/s1. The Morgan fingerprint density at radius 2 is 2.29 bits per heavy atom. The number of amidine groups is 1. The SMILES string of the molecule is COC(=O)c1cccc(CSC2=N[C@H]3CCCC[C@@H]3N2)c1. The predicted molar refractivity (Wildman–Crippen MR) is 85.7 cm³/mol. The van der Waals surface area contributed by atoms with Crippen LogP contribution in [-0.4, -0.2) is 30.3 Å². The zero-order valence-electron chi connectivity index (χ0n) is 12.2. The maximum absolute atomic E-state index is 11.5. The third kappa shape index (κ3) is 3.40. The van der Waals surface area contributed by atoms with Gasteiger partial charge in [0.1, 0.15) is 0 Å². The number of carbonyl (C=O) groups is 1. The number of nitrogens with one attached hydrogen (secondary N) is 1. The molecule has 1 aromatic rings. The lowest BCUT2D eigenvalue weighted by molar-refractivity contribution is 0.0600. The predicted octanol–water partition coefficient (Wildman–Crippen LogP) is 2.98. The number of thioether (sulfide) groups is 1. The number of hydrogen-bond acceptors (Lipinski definition) is 5. The van der Waals surface area contributed by atoms with Gasteiger partial charge in [0.25, 0.3) is 0 Å². The monoisotopic (exact) mass is 304 g/mol. The zero-order valence-corrected chi connectivity index (χ0v) is 13.0. The Labute approximate surface area is 129 Å². The molecule has 4 nitrogen and oxygen atoms in total. The first kappa shape index (κ1) is 14.4. The summed E-state index contributed by atoms with van der Waals surface area (Å²) in [7, 11) is 1.41. The van der Waals surface area contributed by atoms with Gasteiger partial charge in [-0.3, -0.25) is 4.99 Å². The third-order valence-corrected chi connectivity index (χ3v) is 5.02. The molecule has 21 heavy (non-hydrogen) atoms. The summed E-state index contributed by atoms with van der Waals surface area (Å²) in [5.74, 6) is 0.528. The van der Waals surface area contributed by atoms with E-state index in [9.17, 15) is 4.79 Å². The van der Waals surface area contributed by atoms with Gasteiger partial charge in [-0.2, -0.15) is 0 Å². The quantitative estimate of drug-likeness (QED) is 0.872. The van der Waals surface area contributed by atoms with Crippen molar-refractivity contribution in [3.05, 3.63) is 35.4 Å². The van der Waals surface area contributed by atoms with Crippen LogP contribution < -0.4 is 5.32 Å². The van der Waals surface area contributed by atoms with Gasteiger partial charge in [0, 0.05) is 5.75 Å². The van der Waals surface area contributed by atoms with Gasteiger partial charge in [-0.05, 0) is 30.5 Å². The number of rotatable bonds is 3. The number of hydrogen-bond donors (Lipinski definition) is 1. The number of aliphatic imine (C=N–C) groups is 1. The van der Waals surface area contributed by atoms with E-state index in [-0.39, 0.29) is 5.97 Å². The summed E-state index contributed by atoms with van der Waals surface area (Å²) in [6.45, 7) is 0. The molecule has 1 aromatic carbocycles. The molecule has 112 valence electrons. The first-order valence-corrected chi connectivity index (χ1v) is 8.39. The topological polar surface area (TPSA) is 50.7 Å². The Balaban J connectivity index is 1.59. The number of esters is 1. The van der Waals surface area contributed by atoms with Crippen LogP contribution in [-0.2, 0) is 10.5 Å². The molecule has 1 aliphatic heterocycles. The summed E-state index contributed by atoms with van der Waals surface area (Å²) in [5.41, 5.74) is 1.72. The van der Waals surface area contributed by atoms with Crippen molar-refractivity contribution in [2.24, 2.45) is 4.99 Å². The van der Waals surface area contributed by atoms with Crippen LogP contribution in [0.3, 0.4) is 0 Å². The summed E-state index contributed by atoms with van der Waals surface area (Å²) in [6.07, 6.45) is 5.05. The summed E-state index contributed by atoms with van der Waals surface area (Å²) >= 11 is 1.72. The van der Waals surface area contributed by atoms with Crippen molar-refractivity contribution in [1.82, 2.24) is 5.32 Å². The van der Waals surface area contributed by atoms with Crippen molar-refractivity contribution in [2.45, 2.75) is 43.5 Å². The molecule has 0 saturated heterocycles. The molecule has 0 unspecified atom stereocenters. The third-order valence-electron chi connectivity index (χ3n) is 4.05. The lowest BCUT2D eigenvalue weighted by Gasteiger charge is -2.23. The van der Waals surface area contributed by atoms with Gasteiger partial charge in [-0.1, -0.05) is 36.7 Å². The van der Waals surface area contributed by atoms with Crippen molar-refractivity contribution < 1.29 is 9.53 Å². The molecule has 2 atom stereocenters. The molecule has 0 aromatic heterocycles. The number of fused-ring (bicyclic) bond motifs is 1. The van der Waals surface area contributed by atoms with Gasteiger partial charge in [0.2, 0.25) is 0 Å². The minimum Gasteiger partial charge on any atom is -0.465 e. The first-order chi connectivity index (χ1) is 10.3. The Hall–Kier alpha value is -1.49. The minimum absolute atomic E-state index is 0.288. The lowest BCUT2D eigenvalue weighted by Crippen LogP contribution is -2.36. The highest BCUT2D eigenvalue weighted by Gasteiger charge is 2.30. The Kier molecular flexibility index (Phi) is 4.48. The van der Waals surface area contributed by atoms with E-state index >= 15 is 0 Å². The van der Waals surface area contributed by atoms with Crippen LogP contribution in [0.25, 0.3) is 0 Å². The van der Waals surface area contributed by atoms with Crippen LogP contribution >= 0.6 is 11.8 Å². The molecule has 1 fully saturated rings. The van der Waals surface area contributed by atoms with E-state index in [0.717, 1.165) is 16.5 Å². The minimum atomic E-state index is -0.288. The highest BCUT2D eigenvalue weighted by molar-refractivity contribution is 8.13. The number of methoxy groups -OCH3 is 1. The van der Waals surface area contributed by atoms with E-state index in [1.54, 1.807) is 17.8 Å². The maximum Gasteiger partial charge on any atom is 0.337 e. The Morgan fingerprint density at radius 3 is 3.10 bits per heavy atom. The van der Waals surface area contributed by atoms with Crippen LogP contribution in [0, 0.1) is 0 Å². The van der Waals surface area contributed by atoms with E-state index < -0.39 is 0 Å². The molecule has 2 aliphatic rings.